The van der Waals surface area contributed by atoms with E-state index < -0.39 is 7.14 Å². The molecule has 1 heterocycles. The summed E-state index contributed by atoms with van der Waals surface area (Å²) in [6, 6.07) is 45.9. The summed E-state index contributed by atoms with van der Waals surface area (Å²) in [6.45, 7) is 0. The van der Waals surface area contributed by atoms with Gasteiger partial charge in [0.05, 0.1) is 0 Å². The van der Waals surface area contributed by atoms with Gasteiger partial charge in [-0.25, -0.2) is 15.0 Å². The average molecular weight is 588 g/mol. The molecular weight excluding hydrogens is 557 g/mol. The van der Waals surface area contributed by atoms with Crippen LogP contribution in [0.15, 0.2) is 164 Å². The first-order chi connectivity index (χ1) is 21.7. The Balaban J connectivity index is 1.32. The van der Waals surface area contributed by atoms with Crippen molar-refractivity contribution in [2.24, 2.45) is 0 Å². The fourth-order valence-electron chi connectivity index (χ4n) is 5.62. The zero-order chi connectivity index (χ0) is 29.8. The quantitative estimate of drug-likeness (QED) is 0.177. The van der Waals surface area contributed by atoms with Crippen LogP contribution in [0.25, 0.3) is 33.9 Å². The van der Waals surface area contributed by atoms with Gasteiger partial charge in [-0.2, -0.15) is 0 Å². The molecule has 212 valence electrons. The van der Waals surface area contributed by atoms with E-state index in [0.29, 0.717) is 11.6 Å². The van der Waals surface area contributed by atoms with Crippen molar-refractivity contribution in [2.75, 3.05) is 0 Å². The van der Waals surface area contributed by atoms with Crippen LogP contribution in [0.5, 0.6) is 0 Å². The Morgan fingerprint density at radius 3 is 1.66 bits per heavy atom. The Morgan fingerprint density at radius 2 is 1.02 bits per heavy atom. The summed E-state index contributed by atoms with van der Waals surface area (Å²) in [5.41, 5.74) is 3.84. The van der Waals surface area contributed by atoms with E-state index in [1.165, 1.54) is 0 Å². The molecule has 0 aliphatic heterocycles. The smallest absolute Gasteiger partial charge is 0.171 e. The normalized spacial score (nSPS) is 14.4. The van der Waals surface area contributed by atoms with Gasteiger partial charge < -0.3 is 4.57 Å². The first-order valence-electron chi connectivity index (χ1n) is 14.8. The molecule has 5 heteroatoms. The van der Waals surface area contributed by atoms with E-state index in [9.17, 15) is 0 Å². The number of aromatic nitrogens is 3. The third-order valence-corrected chi connectivity index (χ3v) is 11.0. The molecule has 4 nitrogen and oxygen atoms in total. The minimum absolute atomic E-state index is 0.0918. The molecule has 0 saturated heterocycles. The maximum Gasteiger partial charge on any atom is 0.171 e. The fraction of sp³-hybridized carbons (Fsp3) is 0.0513. The van der Waals surface area contributed by atoms with Gasteiger partial charge in [-0.15, -0.1) is 0 Å². The highest BCUT2D eigenvalue weighted by Crippen LogP contribution is 2.43. The molecule has 1 aromatic heterocycles. The number of benzene rings is 5. The molecule has 0 N–H and O–H groups in total. The van der Waals surface area contributed by atoms with E-state index >= 15 is 4.57 Å². The maximum absolute atomic E-state index is 15.0. The molecule has 0 spiro atoms. The van der Waals surface area contributed by atoms with E-state index in [4.69, 9.17) is 15.0 Å². The van der Waals surface area contributed by atoms with Crippen LogP contribution in [-0.2, 0) is 4.57 Å². The zero-order valence-corrected chi connectivity index (χ0v) is 25.0. The third-order valence-electron chi connectivity index (χ3n) is 7.90. The molecule has 0 amide bonds. The molecule has 1 atom stereocenters. The van der Waals surface area contributed by atoms with Gasteiger partial charge in [0.2, 0.25) is 0 Å². The van der Waals surface area contributed by atoms with Crippen molar-refractivity contribution in [2.45, 2.75) is 12.3 Å². The highest BCUT2D eigenvalue weighted by molar-refractivity contribution is 7.85. The maximum atomic E-state index is 15.0. The summed E-state index contributed by atoms with van der Waals surface area (Å²) < 4.78 is 15.0. The van der Waals surface area contributed by atoms with Crippen LogP contribution in [-0.4, -0.2) is 15.0 Å². The highest BCUT2D eigenvalue weighted by atomic mass is 31.2. The van der Waals surface area contributed by atoms with E-state index in [1.807, 2.05) is 115 Å². The minimum Gasteiger partial charge on any atom is -0.309 e. The minimum atomic E-state index is -3.10. The van der Waals surface area contributed by atoms with Crippen molar-refractivity contribution in [3.8, 4) is 33.9 Å². The lowest BCUT2D eigenvalue weighted by molar-refractivity contribution is 0.592. The van der Waals surface area contributed by atoms with Gasteiger partial charge in [0.15, 0.2) is 18.8 Å². The summed E-state index contributed by atoms with van der Waals surface area (Å²) in [5, 5.41) is 2.42. The Labute approximate surface area is 257 Å². The molecule has 5 aromatic carbocycles. The van der Waals surface area contributed by atoms with Crippen LogP contribution in [0.1, 0.15) is 18.2 Å². The summed E-state index contributed by atoms with van der Waals surface area (Å²) in [6.07, 6.45) is 9.25. The van der Waals surface area contributed by atoms with Crippen molar-refractivity contribution in [3.63, 3.8) is 0 Å². The van der Waals surface area contributed by atoms with E-state index in [0.717, 1.165) is 50.4 Å². The molecular formula is C39H30N3OP. The zero-order valence-electron chi connectivity index (χ0n) is 24.1. The molecule has 6 aromatic rings. The molecule has 0 saturated carbocycles. The summed E-state index contributed by atoms with van der Waals surface area (Å²) in [5.74, 6) is 2.14. The summed E-state index contributed by atoms with van der Waals surface area (Å²) in [4.78, 5) is 14.8. The second kappa shape index (κ2) is 12.2. The second-order valence-corrected chi connectivity index (χ2v) is 13.5. The Morgan fingerprint density at radius 1 is 0.500 bits per heavy atom. The predicted octanol–water partition coefficient (Wildman–Crippen LogP) is 8.11. The Kier molecular flexibility index (Phi) is 7.67. The number of rotatable bonds is 7. The predicted molar refractivity (Wildman–Crippen MR) is 181 cm³/mol. The Bertz CT molecular complexity index is 1980. The number of nitrogens with zero attached hydrogens (tertiary/aromatic N) is 3. The van der Waals surface area contributed by atoms with Gasteiger partial charge in [-0.3, -0.25) is 0 Å². The fourth-order valence-corrected chi connectivity index (χ4v) is 8.31. The number of hydrogen-bond acceptors (Lipinski definition) is 4. The van der Waals surface area contributed by atoms with Gasteiger partial charge in [0.25, 0.3) is 0 Å². The average Bonchev–Trinajstić information content (AvgIpc) is 3.12. The lowest BCUT2D eigenvalue weighted by atomic mass is 9.99. The van der Waals surface area contributed by atoms with E-state index in [2.05, 4.69) is 48.6 Å². The largest absolute Gasteiger partial charge is 0.309 e. The molecule has 1 aliphatic rings. The molecule has 0 fully saturated rings. The SMILES string of the molecule is O=P(c1ccccc1)(c1ccccc1)c1cccc(-c2cccc(-c3nc(-c4ccccc4)nc(C4C=CC=CC4)n3)c2)c1. The van der Waals surface area contributed by atoms with Crippen LogP contribution in [0.2, 0.25) is 0 Å². The molecule has 1 aliphatic carbocycles. The molecule has 44 heavy (non-hydrogen) atoms. The van der Waals surface area contributed by atoms with Gasteiger partial charge in [0.1, 0.15) is 5.82 Å². The summed E-state index contributed by atoms with van der Waals surface area (Å²) in [7, 11) is -3.10. The van der Waals surface area contributed by atoms with E-state index in [1.54, 1.807) is 0 Å². The molecule has 0 radical (unpaired) electrons. The van der Waals surface area contributed by atoms with Crippen LogP contribution in [0, 0.1) is 0 Å². The summed E-state index contributed by atoms with van der Waals surface area (Å²) >= 11 is 0. The van der Waals surface area contributed by atoms with Gasteiger partial charge >= 0.3 is 0 Å². The lowest BCUT2D eigenvalue weighted by Crippen LogP contribution is -2.25. The lowest BCUT2D eigenvalue weighted by Gasteiger charge is -2.20. The number of hydrogen-bond donors (Lipinski definition) is 0. The van der Waals surface area contributed by atoms with Crippen LogP contribution < -0.4 is 15.9 Å². The van der Waals surface area contributed by atoms with Gasteiger partial charge in [0, 0.05) is 33.0 Å². The monoisotopic (exact) mass is 587 g/mol. The Hall–Kier alpha value is -5.18. The van der Waals surface area contributed by atoms with Crippen molar-refractivity contribution < 1.29 is 4.57 Å². The van der Waals surface area contributed by atoms with Crippen molar-refractivity contribution in [1.29, 1.82) is 0 Å². The van der Waals surface area contributed by atoms with Gasteiger partial charge in [-0.05, 0) is 29.7 Å². The van der Waals surface area contributed by atoms with Gasteiger partial charge in [-0.1, -0.05) is 152 Å². The first kappa shape index (κ1) is 27.6. The second-order valence-electron chi connectivity index (χ2n) is 10.8. The van der Waals surface area contributed by atoms with Crippen LogP contribution in [0.4, 0.5) is 0 Å². The van der Waals surface area contributed by atoms with Crippen molar-refractivity contribution >= 4 is 23.1 Å². The first-order valence-corrected chi connectivity index (χ1v) is 16.5. The molecule has 1 unspecified atom stereocenters. The topological polar surface area (TPSA) is 55.7 Å². The van der Waals surface area contributed by atoms with E-state index in [-0.39, 0.29) is 5.92 Å². The number of allylic oxidation sites excluding steroid dienone is 4. The standard InChI is InChI=1S/C39H30N3OP/c43-44(34-22-9-3-10-23-34,35-24-11-4-12-25-35)36-26-14-20-32(28-36)31-19-13-21-33(27-31)39-41-37(29-15-5-1-6-16-29)40-38(42-39)30-17-7-2-8-18-30/h1-17,19-28,30H,18H2. The van der Waals surface area contributed by atoms with Crippen molar-refractivity contribution in [1.82, 2.24) is 15.0 Å². The molecule has 7 rings (SSSR count). The highest BCUT2D eigenvalue weighted by Gasteiger charge is 2.29. The molecule has 0 bridgehead atoms. The van der Waals surface area contributed by atoms with Crippen LogP contribution >= 0.6 is 7.14 Å². The third kappa shape index (κ3) is 5.48. The van der Waals surface area contributed by atoms with Crippen molar-refractivity contribution in [3.05, 3.63) is 170 Å². The van der Waals surface area contributed by atoms with Crippen LogP contribution in [0.3, 0.4) is 0 Å².